The lowest BCUT2D eigenvalue weighted by atomic mass is 10.0. The molecule has 1 saturated heterocycles. The average Bonchev–Trinajstić information content (AvgIpc) is 3.34. The van der Waals surface area contributed by atoms with Crippen LogP contribution in [-0.2, 0) is 6.54 Å². The van der Waals surface area contributed by atoms with Crippen molar-refractivity contribution in [2.45, 2.75) is 30.3 Å². The summed E-state index contributed by atoms with van der Waals surface area (Å²) in [5.74, 6) is 1.59. The van der Waals surface area contributed by atoms with Gasteiger partial charge in [0.1, 0.15) is 17.8 Å². The molecule has 1 fully saturated rings. The first kappa shape index (κ1) is 23.2. The number of hydrogen-bond acceptors (Lipinski definition) is 6. The van der Waals surface area contributed by atoms with Crippen molar-refractivity contribution in [3.05, 3.63) is 60.6 Å². The van der Waals surface area contributed by atoms with E-state index in [1.54, 1.807) is 31.3 Å². The molecule has 0 unspecified atom stereocenters. The van der Waals surface area contributed by atoms with Gasteiger partial charge >= 0.3 is 6.03 Å². The van der Waals surface area contributed by atoms with Crippen molar-refractivity contribution >= 4 is 18.7 Å². The predicted molar refractivity (Wildman–Crippen MR) is 131 cm³/mol. The minimum atomic E-state index is -0.0597. The van der Waals surface area contributed by atoms with Gasteiger partial charge in [0.05, 0.1) is 19.9 Å². The van der Waals surface area contributed by atoms with Gasteiger partial charge in [-0.05, 0) is 42.7 Å². The normalized spacial score (nSPS) is 14.8. The first-order valence-electron chi connectivity index (χ1n) is 11.0. The Bertz CT molecular complexity index is 1070. The van der Waals surface area contributed by atoms with E-state index in [0.29, 0.717) is 0 Å². The van der Waals surface area contributed by atoms with Crippen LogP contribution >= 0.6 is 12.6 Å². The van der Waals surface area contributed by atoms with Crippen molar-refractivity contribution in [1.29, 1.82) is 0 Å². The van der Waals surface area contributed by atoms with Crippen molar-refractivity contribution in [2.75, 3.05) is 34.4 Å². The molecule has 4 rings (SSSR count). The van der Waals surface area contributed by atoms with E-state index in [0.717, 1.165) is 65.7 Å². The fourth-order valence-corrected chi connectivity index (χ4v) is 4.38. The van der Waals surface area contributed by atoms with Crippen molar-refractivity contribution in [3.63, 3.8) is 0 Å². The average molecular weight is 467 g/mol. The number of thiol groups is 1. The van der Waals surface area contributed by atoms with Gasteiger partial charge in [-0.1, -0.05) is 12.1 Å². The molecule has 1 aliphatic rings. The summed E-state index contributed by atoms with van der Waals surface area (Å²) < 4.78 is 12.3. The van der Waals surface area contributed by atoms with Crippen LogP contribution in [0.2, 0.25) is 0 Å². The minimum absolute atomic E-state index is 0.0597. The number of aromatic nitrogens is 2. The van der Waals surface area contributed by atoms with Gasteiger partial charge < -0.3 is 14.4 Å². The number of carbonyl (C=O) groups excluding carboxylic acids is 1. The standard InChI is InChI=1S/C25H30N4O3S/c1-27(25(30)29-16-24(26-17-29)19-4-6-23(33)7-5-19)20-8-10-28(11-9-20)15-18-12-21(31-2)14-22(13-18)32-3/h4-7,12-14,16-17,20,33H,8-11,15H2,1-3H3. The molecule has 3 aromatic rings. The van der Waals surface area contributed by atoms with E-state index < -0.39 is 0 Å². The Hall–Kier alpha value is -2.97. The van der Waals surface area contributed by atoms with Gasteiger partial charge in [0.25, 0.3) is 0 Å². The predicted octanol–water partition coefficient (Wildman–Crippen LogP) is 4.42. The van der Waals surface area contributed by atoms with Crippen molar-refractivity contribution in [3.8, 4) is 22.8 Å². The lowest BCUT2D eigenvalue weighted by molar-refractivity contribution is 0.131. The monoisotopic (exact) mass is 466 g/mol. The molecular weight excluding hydrogens is 436 g/mol. The summed E-state index contributed by atoms with van der Waals surface area (Å²) in [7, 11) is 5.21. The third kappa shape index (κ3) is 5.51. The molecule has 0 radical (unpaired) electrons. The van der Waals surface area contributed by atoms with Gasteiger partial charge in [-0.2, -0.15) is 0 Å². The second-order valence-electron chi connectivity index (χ2n) is 8.33. The Morgan fingerprint density at radius 2 is 1.73 bits per heavy atom. The van der Waals surface area contributed by atoms with Crippen molar-refractivity contribution in [1.82, 2.24) is 19.4 Å². The second kappa shape index (κ2) is 10.3. The Morgan fingerprint density at radius 3 is 2.33 bits per heavy atom. The molecule has 0 aliphatic carbocycles. The summed E-state index contributed by atoms with van der Waals surface area (Å²) in [6, 6.07) is 13.9. The van der Waals surface area contributed by atoms with E-state index in [9.17, 15) is 4.79 Å². The van der Waals surface area contributed by atoms with E-state index >= 15 is 0 Å². The molecular formula is C25H30N4O3S. The third-order valence-electron chi connectivity index (χ3n) is 6.19. The molecule has 174 valence electrons. The Labute approximate surface area is 200 Å². The Balaban J connectivity index is 1.34. The van der Waals surface area contributed by atoms with Gasteiger partial charge in [-0.3, -0.25) is 9.47 Å². The molecule has 1 aliphatic heterocycles. The second-order valence-corrected chi connectivity index (χ2v) is 8.85. The van der Waals surface area contributed by atoms with Gasteiger partial charge in [-0.25, -0.2) is 9.78 Å². The smallest absolute Gasteiger partial charge is 0.329 e. The zero-order chi connectivity index (χ0) is 23.4. The molecule has 8 heteroatoms. The van der Waals surface area contributed by atoms with Gasteiger partial charge in [-0.15, -0.1) is 12.6 Å². The van der Waals surface area contributed by atoms with E-state index in [1.165, 1.54) is 0 Å². The molecule has 7 nitrogen and oxygen atoms in total. The molecule has 0 N–H and O–H groups in total. The molecule has 0 bridgehead atoms. The molecule has 0 saturated carbocycles. The number of hydrogen-bond donors (Lipinski definition) is 1. The number of amides is 1. The number of piperidine rings is 1. The maximum absolute atomic E-state index is 13.1. The van der Waals surface area contributed by atoms with Crippen LogP contribution in [0.4, 0.5) is 4.79 Å². The molecule has 2 aromatic carbocycles. The van der Waals surface area contributed by atoms with Crippen molar-refractivity contribution in [2.24, 2.45) is 0 Å². The summed E-state index contributed by atoms with van der Waals surface area (Å²) >= 11 is 4.32. The maximum Gasteiger partial charge on any atom is 0.329 e. The quantitative estimate of drug-likeness (QED) is 0.545. The summed E-state index contributed by atoms with van der Waals surface area (Å²) in [5, 5.41) is 0. The lowest BCUT2D eigenvalue weighted by Gasteiger charge is -2.36. The highest BCUT2D eigenvalue weighted by atomic mass is 32.1. The zero-order valence-corrected chi connectivity index (χ0v) is 20.2. The topological polar surface area (TPSA) is 59.8 Å². The fourth-order valence-electron chi connectivity index (χ4n) is 4.23. The Kier molecular flexibility index (Phi) is 7.25. The van der Waals surface area contributed by atoms with Crippen LogP contribution in [0.3, 0.4) is 0 Å². The zero-order valence-electron chi connectivity index (χ0n) is 19.3. The number of imidazole rings is 1. The molecule has 0 spiro atoms. The number of rotatable bonds is 6. The summed E-state index contributed by atoms with van der Waals surface area (Å²) in [5.41, 5.74) is 2.89. The number of benzene rings is 2. The number of methoxy groups -OCH3 is 2. The third-order valence-corrected chi connectivity index (χ3v) is 6.49. The van der Waals surface area contributed by atoms with E-state index in [4.69, 9.17) is 9.47 Å². The summed E-state index contributed by atoms with van der Waals surface area (Å²) in [6.07, 6.45) is 5.23. The highest BCUT2D eigenvalue weighted by Crippen LogP contribution is 2.25. The highest BCUT2D eigenvalue weighted by molar-refractivity contribution is 7.80. The van der Waals surface area contributed by atoms with E-state index in [-0.39, 0.29) is 12.1 Å². The van der Waals surface area contributed by atoms with Gasteiger partial charge in [0.15, 0.2) is 0 Å². The summed E-state index contributed by atoms with van der Waals surface area (Å²) in [6.45, 7) is 2.67. The van der Waals surface area contributed by atoms with Crippen molar-refractivity contribution < 1.29 is 14.3 Å². The number of likely N-dealkylation sites (tertiary alicyclic amines) is 1. The first-order valence-corrected chi connectivity index (χ1v) is 11.5. The minimum Gasteiger partial charge on any atom is -0.497 e. The maximum atomic E-state index is 13.1. The molecule has 2 heterocycles. The molecule has 1 amide bonds. The molecule has 1 aromatic heterocycles. The summed E-state index contributed by atoms with van der Waals surface area (Å²) in [4.78, 5) is 22.6. The first-order chi connectivity index (χ1) is 16.0. The lowest BCUT2D eigenvalue weighted by Crippen LogP contribution is -2.46. The molecule has 0 atom stereocenters. The van der Waals surface area contributed by atoms with Gasteiger partial charge in [0, 0.05) is 55.4 Å². The van der Waals surface area contributed by atoms with E-state index in [2.05, 4.69) is 22.5 Å². The van der Waals surface area contributed by atoms with Crippen LogP contribution in [0.1, 0.15) is 18.4 Å². The van der Waals surface area contributed by atoms with Crippen LogP contribution in [0.5, 0.6) is 11.5 Å². The van der Waals surface area contributed by atoms with Crippen LogP contribution in [-0.4, -0.2) is 65.8 Å². The fraction of sp³-hybridized carbons (Fsp3) is 0.360. The number of carbonyl (C=O) groups is 1. The number of nitrogens with zero attached hydrogens (tertiary/aromatic N) is 4. The molecule has 33 heavy (non-hydrogen) atoms. The SMILES string of the molecule is COc1cc(CN2CCC(N(C)C(=O)n3cnc(-c4ccc(S)cc4)c3)CC2)cc(OC)c1. The van der Waals surface area contributed by atoms with Crippen LogP contribution in [0.25, 0.3) is 11.3 Å². The van der Waals surface area contributed by atoms with E-state index in [1.807, 2.05) is 54.4 Å². The van der Waals surface area contributed by atoms with Crippen LogP contribution in [0, 0.1) is 0 Å². The van der Waals surface area contributed by atoms with Gasteiger partial charge in [0.2, 0.25) is 0 Å². The van der Waals surface area contributed by atoms with Crippen LogP contribution in [0.15, 0.2) is 59.9 Å². The highest BCUT2D eigenvalue weighted by Gasteiger charge is 2.26. The van der Waals surface area contributed by atoms with Crippen LogP contribution < -0.4 is 9.47 Å². The Morgan fingerprint density at radius 1 is 1.09 bits per heavy atom. The largest absolute Gasteiger partial charge is 0.497 e. The number of ether oxygens (including phenoxy) is 2.